The number of nitrogens with one attached hydrogen (secondary N) is 1. The van der Waals surface area contributed by atoms with Crippen LogP contribution in [0.4, 0.5) is 5.69 Å². The van der Waals surface area contributed by atoms with Crippen LogP contribution in [0.15, 0.2) is 24.3 Å². The molecule has 24 heavy (non-hydrogen) atoms. The molecule has 1 aliphatic heterocycles. The van der Waals surface area contributed by atoms with Gasteiger partial charge in [-0.25, -0.2) is 0 Å². The van der Waals surface area contributed by atoms with E-state index in [1.54, 1.807) is 0 Å². The number of amides is 2. The maximum atomic E-state index is 12.6. The van der Waals surface area contributed by atoms with E-state index >= 15 is 0 Å². The second-order valence-corrected chi connectivity index (χ2v) is 7.26. The zero-order valence-electron chi connectivity index (χ0n) is 15.1. The number of ether oxygens (including phenoxy) is 1. The van der Waals surface area contributed by atoms with Crippen molar-refractivity contribution in [1.29, 1.82) is 0 Å². The molecular weight excluding hydrogens is 304 g/mol. The highest BCUT2D eigenvalue weighted by molar-refractivity contribution is 5.94. The van der Waals surface area contributed by atoms with Crippen LogP contribution in [-0.2, 0) is 9.59 Å². The number of hydrogen-bond donors (Lipinski definition) is 1. The standard InChI is InChI=1S/C19H28N2O3/c1-5-24-16-11-7-6-10-15(16)20-17(22)14-9-8-12-21(13-14)18(23)19(2,3)4/h6-7,10-11,14H,5,8-9,12-13H2,1-4H3,(H,20,22)/t14-/m0/s1. The molecule has 5 nitrogen and oxygen atoms in total. The fourth-order valence-corrected chi connectivity index (χ4v) is 2.94. The lowest BCUT2D eigenvalue weighted by Crippen LogP contribution is -2.47. The molecule has 1 aromatic rings. The Balaban J connectivity index is 2.04. The fourth-order valence-electron chi connectivity index (χ4n) is 2.94. The Hall–Kier alpha value is -2.04. The van der Waals surface area contributed by atoms with E-state index < -0.39 is 5.41 Å². The van der Waals surface area contributed by atoms with Crippen molar-refractivity contribution in [2.24, 2.45) is 11.3 Å². The summed E-state index contributed by atoms with van der Waals surface area (Å²) in [5.74, 6) is 0.551. The fraction of sp³-hybridized carbons (Fsp3) is 0.579. The van der Waals surface area contributed by atoms with Crippen LogP contribution in [0.1, 0.15) is 40.5 Å². The third kappa shape index (κ3) is 4.49. The second-order valence-electron chi connectivity index (χ2n) is 7.26. The first-order chi connectivity index (χ1) is 11.3. The Bertz CT molecular complexity index is 593. The van der Waals surface area contributed by atoms with Gasteiger partial charge in [0.2, 0.25) is 11.8 Å². The average Bonchev–Trinajstić information content (AvgIpc) is 2.55. The van der Waals surface area contributed by atoms with Gasteiger partial charge in [-0.2, -0.15) is 0 Å². The van der Waals surface area contributed by atoms with E-state index in [4.69, 9.17) is 4.74 Å². The van der Waals surface area contributed by atoms with E-state index in [-0.39, 0.29) is 17.7 Å². The molecule has 1 fully saturated rings. The number of carbonyl (C=O) groups is 2. The van der Waals surface area contributed by atoms with Gasteiger partial charge in [0.15, 0.2) is 0 Å². The summed E-state index contributed by atoms with van der Waals surface area (Å²) in [4.78, 5) is 26.9. The van der Waals surface area contributed by atoms with Crippen LogP contribution in [-0.4, -0.2) is 36.4 Å². The van der Waals surface area contributed by atoms with Gasteiger partial charge >= 0.3 is 0 Å². The highest BCUT2D eigenvalue weighted by Crippen LogP contribution is 2.27. The Kier molecular flexibility index (Phi) is 5.86. The van der Waals surface area contributed by atoms with Gasteiger partial charge in [-0.15, -0.1) is 0 Å². The van der Waals surface area contributed by atoms with Crippen molar-refractivity contribution in [3.8, 4) is 5.75 Å². The molecule has 0 spiro atoms. The SMILES string of the molecule is CCOc1ccccc1NC(=O)[C@H]1CCCN(C(=O)C(C)(C)C)C1. The highest BCUT2D eigenvalue weighted by atomic mass is 16.5. The minimum atomic E-state index is -0.417. The minimum absolute atomic E-state index is 0.0476. The average molecular weight is 332 g/mol. The lowest BCUT2D eigenvalue weighted by molar-refractivity contribution is -0.142. The lowest BCUT2D eigenvalue weighted by Gasteiger charge is -2.35. The van der Waals surface area contributed by atoms with Gasteiger partial charge in [0.25, 0.3) is 0 Å². The van der Waals surface area contributed by atoms with E-state index in [2.05, 4.69) is 5.32 Å². The second kappa shape index (κ2) is 7.69. The molecule has 1 aliphatic rings. The summed E-state index contributed by atoms with van der Waals surface area (Å²) in [5, 5.41) is 2.96. The minimum Gasteiger partial charge on any atom is -0.492 e. The van der Waals surface area contributed by atoms with Crippen molar-refractivity contribution in [2.75, 3.05) is 25.0 Å². The summed E-state index contributed by atoms with van der Waals surface area (Å²) in [5.41, 5.74) is 0.267. The Morgan fingerprint density at radius 3 is 2.67 bits per heavy atom. The summed E-state index contributed by atoms with van der Waals surface area (Å²) in [6.07, 6.45) is 1.66. The molecule has 0 unspecified atom stereocenters. The molecule has 1 heterocycles. The molecule has 0 aromatic heterocycles. The summed E-state index contributed by atoms with van der Waals surface area (Å²) in [6.45, 7) is 9.42. The molecule has 0 bridgehead atoms. The first kappa shape index (κ1) is 18.3. The first-order valence-electron chi connectivity index (χ1n) is 8.65. The Morgan fingerprint density at radius 2 is 2.00 bits per heavy atom. The molecule has 132 valence electrons. The number of likely N-dealkylation sites (tertiary alicyclic amines) is 1. The van der Waals surface area contributed by atoms with E-state index in [0.29, 0.717) is 24.6 Å². The number of rotatable bonds is 4. The topological polar surface area (TPSA) is 58.6 Å². The van der Waals surface area contributed by atoms with E-state index in [9.17, 15) is 9.59 Å². The molecule has 1 atom stereocenters. The third-order valence-corrected chi connectivity index (χ3v) is 4.17. The summed E-state index contributed by atoms with van der Waals surface area (Å²) >= 11 is 0. The van der Waals surface area contributed by atoms with Crippen LogP contribution < -0.4 is 10.1 Å². The van der Waals surface area contributed by atoms with E-state index in [0.717, 1.165) is 19.4 Å². The normalized spacial score (nSPS) is 18.2. The molecular formula is C19H28N2O3. The number of para-hydroxylation sites is 2. The van der Waals surface area contributed by atoms with Crippen molar-refractivity contribution in [2.45, 2.75) is 40.5 Å². The number of carbonyl (C=O) groups excluding carboxylic acids is 2. The van der Waals surface area contributed by atoms with Crippen molar-refractivity contribution in [3.63, 3.8) is 0 Å². The molecule has 2 rings (SSSR count). The number of piperidine rings is 1. The monoisotopic (exact) mass is 332 g/mol. The van der Waals surface area contributed by atoms with Crippen molar-refractivity contribution in [3.05, 3.63) is 24.3 Å². The number of anilines is 1. The zero-order valence-corrected chi connectivity index (χ0v) is 15.1. The predicted octanol–water partition coefficient (Wildman–Crippen LogP) is 3.31. The number of hydrogen-bond acceptors (Lipinski definition) is 3. The molecule has 1 saturated heterocycles. The van der Waals surface area contributed by atoms with Crippen molar-refractivity contribution in [1.82, 2.24) is 4.90 Å². The van der Waals surface area contributed by atoms with Crippen LogP contribution >= 0.6 is 0 Å². The van der Waals surface area contributed by atoms with Crippen LogP contribution in [0.5, 0.6) is 5.75 Å². The Morgan fingerprint density at radius 1 is 1.29 bits per heavy atom. The van der Waals surface area contributed by atoms with Gasteiger partial charge in [-0.3, -0.25) is 9.59 Å². The largest absolute Gasteiger partial charge is 0.492 e. The van der Waals surface area contributed by atoms with Crippen molar-refractivity contribution >= 4 is 17.5 Å². The maximum absolute atomic E-state index is 12.6. The van der Waals surface area contributed by atoms with Crippen LogP contribution in [0.2, 0.25) is 0 Å². The molecule has 0 radical (unpaired) electrons. The molecule has 5 heteroatoms. The Labute approximate surface area is 144 Å². The van der Waals surface area contributed by atoms with E-state index in [1.807, 2.05) is 56.9 Å². The third-order valence-electron chi connectivity index (χ3n) is 4.17. The van der Waals surface area contributed by atoms with Gasteiger partial charge in [-0.1, -0.05) is 32.9 Å². The molecule has 0 aliphatic carbocycles. The van der Waals surface area contributed by atoms with Gasteiger partial charge < -0.3 is 15.0 Å². The molecule has 0 saturated carbocycles. The number of nitrogens with zero attached hydrogens (tertiary/aromatic N) is 1. The van der Waals surface area contributed by atoms with Gasteiger partial charge in [0.1, 0.15) is 5.75 Å². The number of benzene rings is 1. The van der Waals surface area contributed by atoms with Crippen LogP contribution in [0.25, 0.3) is 0 Å². The van der Waals surface area contributed by atoms with Gasteiger partial charge in [0, 0.05) is 18.5 Å². The zero-order chi connectivity index (χ0) is 17.7. The van der Waals surface area contributed by atoms with E-state index in [1.165, 1.54) is 0 Å². The van der Waals surface area contributed by atoms with Crippen LogP contribution in [0.3, 0.4) is 0 Å². The molecule has 2 amide bonds. The highest BCUT2D eigenvalue weighted by Gasteiger charge is 2.33. The summed E-state index contributed by atoms with van der Waals surface area (Å²) < 4.78 is 5.55. The smallest absolute Gasteiger partial charge is 0.229 e. The summed E-state index contributed by atoms with van der Waals surface area (Å²) in [7, 11) is 0. The molecule has 1 N–H and O–H groups in total. The van der Waals surface area contributed by atoms with Crippen molar-refractivity contribution < 1.29 is 14.3 Å². The molecule has 1 aromatic carbocycles. The van der Waals surface area contributed by atoms with Gasteiger partial charge in [0.05, 0.1) is 18.2 Å². The predicted molar refractivity (Wildman–Crippen MR) is 95.0 cm³/mol. The summed E-state index contributed by atoms with van der Waals surface area (Å²) in [6, 6.07) is 7.43. The maximum Gasteiger partial charge on any atom is 0.229 e. The quantitative estimate of drug-likeness (QED) is 0.920. The van der Waals surface area contributed by atoms with Crippen LogP contribution in [0, 0.1) is 11.3 Å². The lowest BCUT2D eigenvalue weighted by atomic mass is 9.91. The first-order valence-corrected chi connectivity index (χ1v) is 8.65. The van der Waals surface area contributed by atoms with Gasteiger partial charge in [-0.05, 0) is 31.9 Å².